The summed E-state index contributed by atoms with van der Waals surface area (Å²) in [5.74, 6) is 1.01. The summed E-state index contributed by atoms with van der Waals surface area (Å²) in [6, 6.07) is 21.3. The zero-order valence-electron chi connectivity index (χ0n) is 16.6. The Morgan fingerprint density at radius 2 is 1.53 bits per heavy atom. The summed E-state index contributed by atoms with van der Waals surface area (Å²) in [6.45, 7) is 0. The molecule has 0 aliphatic heterocycles. The molecule has 0 radical (unpaired) electrons. The van der Waals surface area contributed by atoms with Gasteiger partial charge in [0, 0.05) is 28.7 Å². The first kappa shape index (κ1) is 19.3. The Morgan fingerprint density at radius 3 is 2.23 bits per heavy atom. The Bertz CT molecular complexity index is 1280. The molecule has 1 amide bonds. The SMILES string of the molecule is COc1ccc(NC(=O)c2cn(-c3cccc(OC)c3)c(=O)c3ccccc23)cc1. The summed E-state index contributed by atoms with van der Waals surface area (Å²) < 4.78 is 11.9. The third kappa shape index (κ3) is 3.63. The first-order valence-corrected chi connectivity index (χ1v) is 9.35. The monoisotopic (exact) mass is 400 g/mol. The number of nitrogens with one attached hydrogen (secondary N) is 1. The third-order valence-electron chi connectivity index (χ3n) is 4.85. The first-order valence-electron chi connectivity index (χ1n) is 9.35. The fourth-order valence-electron chi connectivity index (χ4n) is 3.30. The molecule has 4 rings (SSSR count). The average molecular weight is 400 g/mol. The van der Waals surface area contributed by atoms with E-state index in [0.717, 1.165) is 0 Å². The van der Waals surface area contributed by atoms with Crippen molar-refractivity contribution in [2.24, 2.45) is 0 Å². The number of hydrogen-bond acceptors (Lipinski definition) is 4. The van der Waals surface area contributed by atoms with Gasteiger partial charge in [0.1, 0.15) is 11.5 Å². The molecule has 150 valence electrons. The van der Waals surface area contributed by atoms with E-state index in [4.69, 9.17) is 9.47 Å². The van der Waals surface area contributed by atoms with Gasteiger partial charge in [0.15, 0.2) is 0 Å². The highest BCUT2D eigenvalue weighted by Crippen LogP contribution is 2.22. The lowest BCUT2D eigenvalue weighted by Gasteiger charge is -2.13. The van der Waals surface area contributed by atoms with E-state index in [9.17, 15) is 9.59 Å². The summed E-state index contributed by atoms with van der Waals surface area (Å²) in [5, 5.41) is 3.94. The summed E-state index contributed by atoms with van der Waals surface area (Å²) in [6.07, 6.45) is 1.57. The zero-order valence-corrected chi connectivity index (χ0v) is 16.6. The average Bonchev–Trinajstić information content (AvgIpc) is 2.80. The van der Waals surface area contributed by atoms with Gasteiger partial charge in [0.05, 0.1) is 25.5 Å². The lowest BCUT2D eigenvalue weighted by atomic mass is 10.1. The number of fused-ring (bicyclic) bond motifs is 1. The molecule has 1 aromatic heterocycles. The fourth-order valence-corrected chi connectivity index (χ4v) is 3.30. The van der Waals surface area contributed by atoms with Gasteiger partial charge in [-0.1, -0.05) is 24.3 Å². The maximum absolute atomic E-state index is 13.1. The van der Waals surface area contributed by atoms with E-state index in [0.29, 0.717) is 39.2 Å². The second-order valence-corrected chi connectivity index (χ2v) is 6.65. The molecule has 0 bridgehead atoms. The summed E-state index contributed by atoms with van der Waals surface area (Å²) in [7, 11) is 3.15. The van der Waals surface area contributed by atoms with Gasteiger partial charge in [-0.3, -0.25) is 14.2 Å². The van der Waals surface area contributed by atoms with Gasteiger partial charge in [-0.15, -0.1) is 0 Å². The number of anilines is 1. The number of amides is 1. The molecule has 0 aliphatic carbocycles. The van der Waals surface area contributed by atoms with Crippen molar-refractivity contribution >= 4 is 22.4 Å². The lowest BCUT2D eigenvalue weighted by Crippen LogP contribution is -2.22. The van der Waals surface area contributed by atoms with Gasteiger partial charge in [-0.2, -0.15) is 0 Å². The maximum atomic E-state index is 13.1. The smallest absolute Gasteiger partial charge is 0.262 e. The quantitative estimate of drug-likeness (QED) is 0.543. The predicted molar refractivity (Wildman–Crippen MR) is 117 cm³/mol. The van der Waals surface area contributed by atoms with E-state index in [2.05, 4.69) is 5.32 Å². The standard InChI is InChI=1S/C24H20N2O4/c1-29-18-12-10-16(11-13-18)25-23(27)22-15-26(17-6-5-7-19(14-17)30-2)24(28)21-9-4-3-8-20(21)22/h3-15H,1-2H3,(H,25,27). The van der Waals surface area contributed by atoms with E-state index >= 15 is 0 Å². The number of methoxy groups -OCH3 is 2. The van der Waals surface area contributed by atoms with Crippen LogP contribution in [0.5, 0.6) is 11.5 Å². The molecule has 6 nitrogen and oxygen atoms in total. The van der Waals surface area contributed by atoms with Crippen molar-refractivity contribution in [2.75, 3.05) is 19.5 Å². The molecule has 0 aliphatic rings. The van der Waals surface area contributed by atoms with Gasteiger partial charge in [-0.05, 0) is 42.5 Å². The van der Waals surface area contributed by atoms with Crippen LogP contribution in [0.15, 0.2) is 83.8 Å². The molecule has 3 aromatic carbocycles. The minimum absolute atomic E-state index is 0.208. The molecule has 0 atom stereocenters. The molecular formula is C24H20N2O4. The van der Waals surface area contributed by atoms with Crippen molar-refractivity contribution in [1.29, 1.82) is 0 Å². The molecule has 0 saturated carbocycles. The Kier molecular flexibility index (Phi) is 5.22. The van der Waals surface area contributed by atoms with Gasteiger partial charge in [-0.25, -0.2) is 0 Å². The summed E-state index contributed by atoms with van der Waals surface area (Å²) in [5.41, 5.74) is 1.43. The number of pyridine rings is 1. The summed E-state index contributed by atoms with van der Waals surface area (Å²) in [4.78, 5) is 26.2. The van der Waals surface area contributed by atoms with Crippen LogP contribution < -0.4 is 20.3 Å². The molecule has 1 heterocycles. The van der Waals surface area contributed by atoms with Crippen molar-refractivity contribution in [1.82, 2.24) is 4.57 Å². The van der Waals surface area contributed by atoms with Crippen molar-refractivity contribution in [3.8, 4) is 17.2 Å². The highest BCUT2D eigenvalue weighted by atomic mass is 16.5. The number of nitrogens with zero attached hydrogens (tertiary/aromatic N) is 1. The second-order valence-electron chi connectivity index (χ2n) is 6.65. The van der Waals surface area contributed by atoms with Crippen LogP contribution in [0.1, 0.15) is 10.4 Å². The summed E-state index contributed by atoms with van der Waals surface area (Å²) >= 11 is 0. The largest absolute Gasteiger partial charge is 0.497 e. The van der Waals surface area contributed by atoms with Crippen molar-refractivity contribution in [3.05, 3.63) is 94.9 Å². The van der Waals surface area contributed by atoms with Crippen LogP contribution in [0, 0.1) is 0 Å². The molecule has 0 spiro atoms. The minimum Gasteiger partial charge on any atom is -0.497 e. The number of carbonyl (C=O) groups is 1. The second kappa shape index (κ2) is 8.13. The third-order valence-corrected chi connectivity index (χ3v) is 4.85. The Morgan fingerprint density at radius 1 is 0.833 bits per heavy atom. The number of benzene rings is 3. The van der Waals surface area contributed by atoms with E-state index in [-0.39, 0.29) is 11.5 Å². The first-order chi connectivity index (χ1) is 14.6. The molecule has 6 heteroatoms. The topological polar surface area (TPSA) is 69.6 Å². The molecule has 1 N–H and O–H groups in total. The highest BCUT2D eigenvalue weighted by Gasteiger charge is 2.16. The van der Waals surface area contributed by atoms with Crippen LogP contribution in [-0.2, 0) is 0 Å². The van der Waals surface area contributed by atoms with Crippen molar-refractivity contribution < 1.29 is 14.3 Å². The van der Waals surface area contributed by atoms with Crippen LogP contribution in [0.3, 0.4) is 0 Å². The number of carbonyl (C=O) groups excluding carboxylic acids is 1. The Labute approximate surface area is 173 Å². The van der Waals surface area contributed by atoms with E-state index in [1.54, 1.807) is 87.1 Å². The van der Waals surface area contributed by atoms with Crippen LogP contribution in [0.2, 0.25) is 0 Å². The zero-order chi connectivity index (χ0) is 21.1. The van der Waals surface area contributed by atoms with Gasteiger partial charge < -0.3 is 14.8 Å². The maximum Gasteiger partial charge on any atom is 0.262 e. The molecular weight excluding hydrogens is 380 g/mol. The molecule has 0 unspecified atom stereocenters. The number of rotatable bonds is 5. The number of ether oxygens (including phenoxy) is 2. The Balaban J connectivity index is 1.82. The molecule has 0 fully saturated rings. The van der Waals surface area contributed by atoms with Gasteiger partial charge >= 0.3 is 0 Å². The van der Waals surface area contributed by atoms with Crippen molar-refractivity contribution in [3.63, 3.8) is 0 Å². The van der Waals surface area contributed by atoms with Crippen LogP contribution in [0.25, 0.3) is 16.5 Å². The van der Waals surface area contributed by atoms with Crippen molar-refractivity contribution in [2.45, 2.75) is 0 Å². The lowest BCUT2D eigenvalue weighted by molar-refractivity contribution is 0.102. The Hall–Kier alpha value is -4.06. The van der Waals surface area contributed by atoms with E-state index in [1.807, 2.05) is 6.07 Å². The number of aromatic nitrogens is 1. The predicted octanol–water partition coefficient (Wildman–Crippen LogP) is 4.26. The fraction of sp³-hybridized carbons (Fsp3) is 0.0833. The molecule has 0 saturated heterocycles. The highest BCUT2D eigenvalue weighted by molar-refractivity contribution is 6.12. The molecule has 4 aromatic rings. The molecule has 30 heavy (non-hydrogen) atoms. The van der Waals surface area contributed by atoms with Gasteiger partial charge in [0.2, 0.25) is 0 Å². The van der Waals surface area contributed by atoms with Crippen LogP contribution >= 0.6 is 0 Å². The van der Waals surface area contributed by atoms with Crippen LogP contribution in [0.4, 0.5) is 5.69 Å². The minimum atomic E-state index is -0.312. The van der Waals surface area contributed by atoms with Gasteiger partial charge in [0.25, 0.3) is 11.5 Å². The normalized spacial score (nSPS) is 10.6. The van der Waals surface area contributed by atoms with E-state index in [1.165, 1.54) is 4.57 Å². The van der Waals surface area contributed by atoms with E-state index < -0.39 is 0 Å². The van der Waals surface area contributed by atoms with Crippen LogP contribution in [-0.4, -0.2) is 24.7 Å². The number of hydrogen-bond donors (Lipinski definition) is 1.